The van der Waals surface area contributed by atoms with Gasteiger partial charge in [0.05, 0.1) is 6.85 Å². The third kappa shape index (κ3) is 3.12. The molecule has 2 nitrogen and oxygen atoms in total. The number of fused-ring (bicyclic) bond motifs is 1. The SMILES string of the molecule is [2H]c1c([2H])c([2H])c([C@H]2C[C@H](N3CCN(C([2H])([2H])[2H])C(C)(C)C3)c3cc(Cl)ccc32)c([2H])c1[2H]. The molecule has 3 heteroatoms. The highest BCUT2D eigenvalue weighted by Crippen LogP contribution is 2.48. The molecule has 0 radical (unpaired) electrons. The van der Waals surface area contributed by atoms with Crippen LogP contribution in [0.4, 0.5) is 0 Å². The van der Waals surface area contributed by atoms with Crippen LogP contribution < -0.4 is 0 Å². The Morgan fingerprint density at radius 2 is 1.96 bits per heavy atom. The van der Waals surface area contributed by atoms with Crippen LogP contribution in [-0.4, -0.2) is 41.9 Å². The van der Waals surface area contributed by atoms with Gasteiger partial charge in [0, 0.05) is 46.3 Å². The molecule has 1 heterocycles. The molecule has 2 aromatic rings. The fourth-order valence-corrected chi connectivity index (χ4v) is 4.32. The molecule has 1 aliphatic heterocycles. The number of nitrogens with zero attached hydrogens (tertiary/aromatic N) is 2. The summed E-state index contributed by atoms with van der Waals surface area (Å²) in [5, 5.41) is 0.570. The molecule has 0 amide bonds. The van der Waals surface area contributed by atoms with E-state index in [1.54, 1.807) is 11.0 Å². The molecule has 0 unspecified atom stereocenters. The van der Waals surface area contributed by atoms with Gasteiger partial charge in [-0.25, -0.2) is 0 Å². The number of rotatable bonds is 2. The second-order valence-electron chi connectivity index (χ2n) is 7.55. The Bertz CT molecular complexity index is 1070. The van der Waals surface area contributed by atoms with Crippen molar-refractivity contribution in [2.24, 2.45) is 0 Å². The van der Waals surface area contributed by atoms with E-state index in [4.69, 9.17) is 22.6 Å². The van der Waals surface area contributed by atoms with Crippen LogP contribution in [0.15, 0.2) is 48.4 Å². The molecule has 4 rings (SSSR count). The third-order valence-corrected chi connectivity index (χ3v) is 5.72. The summed E-state index contributed by atoms with van der Waals surface area (Å²) in [5.41, 5.74) is 1.58. The number of hydrogen-bond acceptors (Lipinski definition) is 2. The minimum Gasteiger partial charge on any atom is -0.299 e. The standard InChI is InChI=1S/C22H27ClN2/c1-22(2)15-25(12-11-24(22)3)21-14-19(16-7-5-4-6-8-16)18-10-9-17(23)13-20(18)21/h4-10,13,19,21H,11-12,14-15H2,1-3H3/t19-,21+/m1/s1/i3D3,4D,5D,6D,7D,8D. The lowest BCUT2D eigenvalue weighted by Crippen LogP contribution is -2.58. The predicted octanol–water partition coefficient (Wildman–Crippen LogP) is 4.94. The van der Waals surface area contributed by atoms with Gasteiger partial charge in [-0.05, 0) is 56.1 Å². The van der Waals surface area contributed by atoms with E-state index in [2.05, 4.69) is 4.90 Å². The number of likely N-dealkylation sites (N-methyl/N-ethyl adjacent to an activating group) is 1. The maximum atomic E-state index is 8.47. The fourth-order valence-electron chi connectivity index (χ4n) is 4.14. The highest BCUT2D eigenvalue weighted by molar-refractivity contribution is 6.30. The molecule has 0 N–H and O–H groups in total. The first-order valence-corrected chi connectivity index (χ1v) is 9.00. The van der Waals surface area contributed by atoms with Gasteiger partial charge >= 0.3 is 0 Å². The van der Waals surface area contributed by atoms with E-state index in [1.165, 1.54) is 0 Å². The maximum Gasteiger partial charge on any atom is 0.0626 e. The smallest absolute Gasteiger partial charge is 0.0626 e. The Kier molecular flexibility index (Phi) is 2.60. The summed E-state index contributed by atoms with van der Waals surface area (Å²) >= 11 is 6.33. The van der Waals surface area contributed by atoms with E-state index in [0.717, 1.165) is 11.1 Å². The van der Waals surface area contributed by atoms with Crippen molar-refractivity contribution in [3.63, 3.8) is 0 Å². The predicted molar refractivity (Wildman–Crippen MR) is 105 cm³/mol. The first-order chi connectivity index (χ1) is 15.2. The molecule has 1 aliphatic carbocycles. The largest absolute Gasteiger partial charge is 0.299 e. The first kappa shape index (κ1) is 10.1. The Labute approximate surface area is 167 Å². The van der Waals surface area contributed by atoms with Gasteiger partial charge in [0.25, 0.3) is 0 Å². The lowest BCUT2D eigenvalue weighted by Gasteiger charge is -2.47. The molecule has 0 saturated carbocycles. The van der Waals surface area contributed by atoms with Crippen LogP contribution >= 0.6 is 11.6 Å². The van der Waals surface area contributed by atoms with Crippen molar-refractivity contribution in [1.82, 2.24) is 9.80 Å². The Morgan fingerprint density at radius 1 is 1.16 bits per heavy atom. The zero-order valence-electron chi connectivity index (χ0n) is 22.5. The maximum absolute atomic E-state index is 8.47. The van der Waals surface area contributed by atoms with Crippen molar-refractivity contribution in [3.05, 3.63) is 70.1 Å². The average molecular weight is 363 g/mol. The van der Waals surface area contributed by atoms with Crippen LogP contribution in [0.5, 0.6) is 0 Å². The molecule has 1 fully saturated rings. The summed E-state index contributed by atoms with van der Waals surface area (Å²) in [6.07, 6.45) is 0.535. The third-order valence-electron chi connectivity index (χ3n) is 5.48. The van der Waals surface area contributed by atoms with Crippen LogP contribution in [0.1, 0.15) is 59.9 Å². The number of halogens is 1. The average Bonchev–Trinajstić information content (AvgIpc) is 3.07. The molecule has 2 aromatic carbocycles. The summed E-state index contributed by atoms with van der Waals surface area (Å²) in [6.45, 7) is 3.12. The van der Waals surface area contributed by atoms with Crippen molar-refractivity contribution in [2.45, 2.75) is 37.8 Å². The second kappa shape index (κ2) is 6.42. The number of benzene rings is 2. The monoisotopic (exact) mass is 362 g/mol. The molecular formula is C22H27ClN2. The van der Waals surface area contributed by atoms with Crippen molar-refractivity contribution < 1.29 is 11.0 Å². The van der Waals surface area contributed by atoms with E-state index in [9.17, 15) is 0 Å². The molecule has 0 bridgehead atoms. The van der Waals surface area contributed by atoms with E-state index in [1.807, 2.05) is 26.0 Å². The van der Waals surface area contributed by atoms with Gasteiger partial charge in [-0.1, -0.05) is 47.9 Å². The van der Waals surface area contributed by atoms with E-state index in [0.29, 0.717) is 36.6 Å². The van der Waals surface area contributed by atoms with E-state index >= 15 is 0 Å². The zero-order valence-corrected chi connectivity index (χ0v) is 15.2. The molecule has 132 valence electrons. The minimum atomic E-state index is -2.18. The molecule has 0 spiro atoms. The van der Waals surface area contributed by atoms with Gasteiger partial charge in [0.2, 0.25) is 0 Å². The summed E-state index contributed by atoms with van der Waals surface area (Å²) < 4.78 is 64.7. The van der Waals surface area contributed by atoms with Gasteiger partial charge < -0.3 is 0 Å². The summed E-state index contributed by atoms with van der Waals surface area (Å²) in [7, 11) is 0. The molecule has 2 aliphatic rings. The van der Waals surface area contributed by atoms with Gasteiger partial charge in [0.1, 0.15) is 0 Å². The van der Waals surface area contributed by atoms with Gasteiger partial charge in [-0.15, -0.1) is 0 Å². The Hall–Kier alpha value is -1.35. The van der Waals surface area contributed by atoms with E-state index < -0.39 is 18.6 Å². The number of piperazine rings is 1. The highest BCUT2D eigenvalue weighted by Gasteiger charge is 2.40. The fraction of sp³-hybridized carbons (Fsp3) is 0.455. The summed E-state index contributed by atoms with van der Waals surface area (Å²) in [6, 6.07) is 4.01. The Morgan fingerprint density at radius 3 is 2.68 bits per heavy atom. The van der Waals surface area contributed by atoms with Crippen molar-refractivity contribution in [2.75, 3.05) is 26.6 Å². The normalized spacial score (nSPS) is 31.6. The first-order valence-electron chi connectivity index (χ1n) is 12.6. The van der Waals surface area contributed by atoms with Crippen molar-refractivity contribution in [1.29, 1.82) is 0 Å². The van der Waals surface area contributed by atoms with Gasteiger partial charge in [0.15, 0.2) is 0 Å². The van der Waals surface area contributed by atoms with Crippen LogP contribution in [0.2, 0.25) is 5.02 Å². The molecule has 25 heavy (non-hydrogen) atoms. The lowest BCUT2D eigenvalue weighted by atomic mass is 9.93. The topological polar surface area (TPSA) is 6.48 Å². The molecule has 0 aromatic heterocycles. The minimum absolute atomic E-state index is 0.0976. The molecule has 2 atom stereocenters. The van der Waals surface area contributed by atoms with Gasteiger partial charge in [-0.3, -0.25) is 9.80 Å². The molecule has 1 saturated heterocycles. The summed E-state index contributed by atoms with van der Waals surface area (Å²) in [4.78, 5) is 3.80. The van der Waals surface area contributed by atoms with Crippen LogP contribution in [0.25, 0.3) is 0 Å². The Balaban J connectivity index is 1.76. The van der Waals surface area contributed by atoms with E-state index in [-0.39, 0.29) is 36.1 Å². The van der Waals surface area contributed by atoms with Crippen LogP contribution in [0.3, 0.4) is 0 Å². The summed E-state index contributed by atoms with van der Waals surface area (Å²) in [5.74, 6) is -0.375. The number of hydrogen-bond donors (Lipinski definition) is 0. The van der Waals surface area contributed by atoms with Gasteiger partial charge in [-0.2, -0.15) is 0 Å². The molecular weight excluding hydrogens is 328 g/mol. The van der Waals surface area contributed by atoms with Crippen LogP contribution in [0, 0.1) is 0 Å². The highest BCUT2D eigenvalue weighted by atomic mass is 35.5. The quantitative estimate of drug-likeness (QED) is 0.746. The van der Waals surface area contributed by atoms with Crippen molar-refractivity contribution in [3.8, 4) is 0 Å². The van der Waals surface area contributed by atoms with Crippen LogP contribution in [-0.2, 0) is 0 Å². The van der Waals surface area contributed by atoms with Crippen molar-refractivity contribution >= 4 is 11.6 Å². The lowest BCUT2D eigenvalue weighted by molar-refractivity contribution is 0.0158. The zero-order chi connectivity index (χ0) is 24.5. The second-order valence-corrected chi connectivity index (χ2v) is 7.99.